The van der Waals surface area contributed by atoms with Crippen molar-refractivity contribution in [2.45, 2.75) is 19.4 Å². The number of halogens is 2. The molecule has 1 aromatic carbocycles. The third kappa shape index (κ3) is 4.12. The van der Waals surface area contributed by atoms with Crippen LogP contribution in [0, 0.1) is 12.7 Å². The van der Waals surface area contributed by atoms with Crippen LogP contribution in [0.2, 0.25) is 5.02 Å². The minimum Gasteiger partial charge on any atom is -0.350 e. The van der Waals surface area contributed by atoms with Crippen molar-refractivity contribution in [2.24, 2.45) is 0 Å². The molecule has 1 aliphatic heterocycles. The minimum atomic E-state index is -2.98. The lowest BCUT2D eigenvalue weighted by Gasteiger charge is -2.13. The van der Waals surface area contributed by atoms with Crippen LogP contribution < -0.4 is 10.6 Å². The summed E-state index contributed by atoms with van der Waals surface area (Å²) in [4.78, 5) is 8.60. The molecule has 2 heterocycles. The van der Waals surface area contributed by atoms with Gasteiger partial charge in [0.25, 0.3) is 0 Å². The molecule has 0 saturated carbocycles. The van der Waals surface area contributed by atoms with E-state index in [0.29, 0.717) is 29.6 Å². The smallest absolute Gasteiger partial charge is 0.225 e. The highest BCUT2D eigenvalue weighted by atomic mass is 35.5. The number of anilines is 3. The molecule has 0 radical (unpaired) electrons. The number of aryl methyl sites for hydroxylation is 1. The van der Waals surface area contributed by atoms with Crippen molar-refractivity contribution in [3.63, 3.8) is 0 Å². The standard InChI is InChI=1S/C15H16ClFN4O2S/c1-9-6-14(19-10-2-3-13(17)12(16)7-10)21-15(18-9)20-11-4-5-24(22,23)8-11/h2-3,6-7,11H,4-5,8H2,1H3,(H2,18,19,20,21). The molecular formula is C15H16ClFN4O2S. The summed E-state index contributed by atoms with van der Waals surface area (Å²) < 4.78 is 36.3. The monoisotopic (exact) mass is 370 g/mol. The molecule has 0 spiro atoms. The Kier molecular flexibility index (Phi) is 4.60. The van der Waals surface area contributed by atoms with Crippen molar-refractivity contribution < 1.29 is 12.8 Å². The third-order valence-corrected chi connectivity index (χ3v) is 5.67. The second-order valence-electron chi connectivity index (χ2n) is 5.72. The molecule has 2 aromatic rings. The maximum absolute atomic E-state index is 13.2. The Labute approximate surface area is 144 Å². The van der Waals surface area contributed by atoms with Crippen LogP contribution in [0.25, 0.3) is 0 Å². The Morgan fingerprint density at radius 1 is 1.29 bits per heavy atom. The van der Waals surface area contributed by atoms with Crippen LogP contribution in [0.1, 0.15) is 12.1 Å². The number of nitrogens with zero attached hydrogens (tertiary/aromatic N) is 2. The second kappa shape index (κ2) is 6.52. The maximum atomic E-state index is 13.2. The molecule has 2 N–H and O–H groups in total. The summed E-state index contributed by atoms with van der Waals surface area (Å²) in [5.41, 5.74) is 1.30. The summed E-state index contributed by atoms with van der Waals surface area (Å²) in [6.07, 6.45) is 0.538. The van der Waals surface area contributed by atoms with E-state index in [-0.39, 0.29) is 22.6 Å². The highest BCUT2D eigenvalue weighted by Gasteiger charge is 2.28. The van der Waals surface area contributed by atoms with Crippen LogP contribution in [0.3, 0.4) is 0 Å². The van der Waals surface area contributed by atoms with Crippen molar-refractivity contribution in [1.29, 1.82) is 0 Å². The number of hydrogen-bond acceptors (Lipinski definition) is 6. The zero-order valence-electron chi connectivity index (χ0n) is 12.9. The van der Waals surface area contributed by atoms with E-state index in [1.165, 1.54) is 12.1 Å². The third-order valence-electron chi connectivity index (χ3n) is 3.61. The molecule has 1 aromatic heterocycles. The Morgan fingerprint density at radius 3 is 2.75 bits per heavy atom. The fraction of sp³-hybridized carbons (Fsp3) is 0.333. The van der Waals surface area contributed by atoms with Gasteiger partial charge in [-0.1, -0.05) is 11.6 Å². The number of nitrogens with one attached hydrogen (secondary N) is 2. The summed E-state index contributed by atoms with van der Waals surface area (Å²) in [5.74, 6) is 0.628. The molecule has 1 aliphatic rings. The molecule has 9 heteroatoms. The van der Waals surface area contributed by atoms with Gasteiger partial charge in [0.15, 0.2) is 9.84 Å². The first-order valence-electron chi connectivity index (χ1n) is 7.35. The van der Waals surface area contributed by atoms with Crippen LogP contribution in [-0.2, 0) is 9.84 Å². The molecule has 0 bridgehead atoms. The largest absolute Gasteiger partial charge is 0.350 e. The van der Waals surface area contributed by atoms with Crippen molar-refractivity contribution in [1.82, 2.24) is 9.97 Å². The lowest BCUT2D eigenvalue weighted by Crippen LogP contribution is -2.22. The van der Waals surface area contributed by atoms with Gasteiger partial charge in [-0.05, 0) is 31.5 Å². The molecular weight excluding hydrogens is 355 g/mol. The van der Waals surface area contributed by atoms with Crippen LogP contribution in [0.15, 0.2) is 24.3 Å². The van der Waals surface area contributed by atoms with Crippen molar-refractivity contribution >= 4 is 38.9 Å². The fourth-order valence-electron chi connectivity index (χ4n) is 2.51. The quantitative estimate of drug-likeness (QED) is 0.860. The predicted octanol–water partition coefficient (Wildman–Crippen LogP) is 2.92. The van der Waals surface area contributed by atoms with Crippen molar-refractivity contribution in [3.05, 3.63) is 40.8 Å². The fourth-order valence-corrected chi connectivity index (χ4v) is 4.36. The van der Waals surface area contributed by atoms with E-state index in [1.54, 1.807) is 19.1 Å². The van der Waals surface area contributed by atoms with E-state index in [0.717, 1.165) is 0 Å². The lowest BCUT2D eigenvalue weighted by molar-refractivity contribution is 0.602. The van der Waals surface area contributed by atoms with Crippen molar-refractivity contribution in [3.8, 4) is 0 Å². The van der Waals surface area contributed by atoms with E-state index in [1.807, 2.05) is 0 Å². The molecule has 1 fully saturated rings. The van der Waals surface area contributed by atoms with Gasteiger partial charge in [0.1, 0.15) is 11.6 Å². The first kappa shape index (κ1) is 16.9. The number of sulfone groups is 1. The zero-order valence-corrected chi connectivity index (χ0v) is 14.5. The van der Waals surface area contributed by atoms with Gasteiger partial charge >= 0.3 is 0 Å². The van der Waals surface area contributed by atoms with E-state index in [9.17, 15) is 12.8 Å². The highest BCUT2D eigenvalue weighted by molar-refractivity contribution is 7.91. The summed E-state index contributed by atoms with van der Waals surface area (Å²) in [7, 11) is -2.98. The Morgan fingerprint density at radius 2 is 2.08 bits per heavy atom. The molecule has 1 atom stereocenters. The van der Waals surface area contributed by atoms with Gasteiger partial charge in [0.2, 0.25) is 5.95 Å². The Balaban J connectivity index is 1.77. The van der Waals surface area contributed by atoms with E-state index < -0.39 is 15.7 Å². The summed E-state index contributed by atoms with van der Waals surface area (Å²) in [6.45, 7) is 1.81. The average molecular weight is 371 g/mol. The SMILES string of the molecule is Cc1cc(Nc2ccc(F)c(Cl)c2)nc(NC2CCS(=O)(=O)C2)n1. The lowest BCUT2D eigenvalue weighted by atomic mass is 10.3. The van der Waals surface area contributed by atoms with Gasteiger partial charge in [-0.25, -0.2) is 17.8 Å². The highest BCUT2D eigenvalue weighted by Crippen LogP contribution is 2.23. The molecule has 1 saturated heterocycles. The molecule has 1 unspecified atom stereocenters. The maximum Gasteiger partial charge on any atom is 0.225 e. The van der Waals surface area contributed by atoms with Crippen LogP contribution >= 0.6 is 11.6 Å². The van der Waals surface area contributed by atoms with Gasteiger partial charge in [-0.2, -0.15) is 4.98 Å². The molecule has 128 valence electrons. The first-order chi connectivity index (χ1) is 11.3. The minimum absolute atomic E-state index is 0.0142. The average Bonchev–Trinajstić information content (AvgIpc) is 2.81. The van der Waals surface area contributed by atoms with E-state index in [2.05, 4.69) is 20.6 Å². The number of aromatic nitrogens is 2. The molecule has 3 rings (SSSR count). The summed E-state index contributed by atoms with van der Waals surface area (Å²) in [5, 5.41) is 6.10. The molecule has 6 nitrogen and oxygen atoms in total. The first-order valence-corrected chi connectivity index (χ1v) is 9.55. The topological polar surface area (TPSA) is 84.0 Å². The van der Waals surface area contributed by atoms with Crippen LogP contribution in [0.4, 0.5) is 21.8 Å². The Hall–Kier alpha value is -1.93. The van der Waals surface area contributed by atoms with Gasteiger partial charge in [-0.15, -0.1) is 0 Å². The predicted molar refractivity (Wildman–Crippen MR) is 92.1 cm³/mol. The van der Waals surface area contributed by atoms with Crippen molar-refractivity contribution in [2.75, 3.05) is 22.1 Å². The van der Waals surface area contributed by atoms with Gasteiger partial charge < -0.3 is 10.6 Å². The van der Waals surface area contributed by atoms with E-state index in [4.69, 9.17) is 11.6 Å². The van der Waals surface area contributed by atoms with E-state index >= 15 is 0 Å². The van der Waals surface area contributed by atoms with Gasteiger partial charge in [0, 0.05) is 23.5 Å². The molecule has 24 heavy (non-hydrogen) atoms. The zero-order chi connectivity index (χ0) is 17.3. The number of hydrogen-bond donors (Lipinski definition) is 2. The van der Waals surface area contributed by atoms with Gasteiger partial charge in [-0.3, -0.25) is 0 Å². The summed E-state index contributed by atoms with van der Waals surface area (Å²) >= 11 is 5.77. The molecule has 0 aliphatic carbocycles. The normalized spacial score (nSPS) is 19.2. The second-order valence-corrected chi connectivity index (χ2v) is 8.35. The molecule has 0 amide bonds. The van der Waals surface area contributed by atoms with Gasteiger partial charge in [0.05, 0.1) is 16.5 Å². The van der Waals surface area contributed by atoms with Crippen LogP contribution in [-0.4, -0.2) is 35.9 Å². The summed E-state index contributed by atoms with van der Waals surface area (Å²) in [6, 6.07) is 5.82. The number of benzene rings is 1. The van der Waals surface area contributed by atoms with Crippen LogP contribution in [0.5, 0.6) is 0 Å². The Bertz CT molecular complexity index is 876. The number of rotatable bonds is 4.